The molecule has 2 rings (SSSR count). The number of hydrogen-bond donors (Lipinski definition) is 1. The van der Waals surface area contributed by atoms with Gasteiger partial charge in [0.1, 0.15) is 5.82 Å². The summed E-state index contributed by atoms with van der Waals surface area (Å²) in [6, 6.07) is 7.79. The second kappa shape index (κ2) is 4.76. The molecule has 6 heteroatoms. The monoisotopic (exact) mass is 301 g/mol. The van der Waals surface area contributed by atoms with E-state index in [1.807, 2.05) is 0 Å². The van der Waals surface area contributed by atoms with Crippen LogP contribution in [0, 0.1) is 5.82 Å². The van der Waals surface area contributed by atoms with Gasteiger partial charge in [0, 0.05) is 4.47 Å². The van der Waals surface area contributed by atoms with Crippen LogP contribution in [-0.4, -0.2) is 10.2 Å². The molecule has 1 aromatic carbocycles. The molecule has 1 aromatic heterocycles. The molecule has 0 amide bonds. The van der Waals surface area contributed by atoms with Gasteiger partial charge in [-0.2, -0.15) is 0 Å². The minimum atomic E-state index is -0.361. The number of aromatic nitrogens is 2. The van der Waals surface area contributed by atoms with Crippen molar-refractivity contribution in [1.29, 1.82) is 0 Å². The van der Waals surface area contributed by atoms with Gasteiger partial charge < -0.3 is 5.32 Å². The highest BCUT2D eigenvalue weighted by Crippen LogP contribution is 2.22. The lowest BCUT2D eigenvalue weighted by molar-refractivity contribution is 0.631. The highest BCUT2D eigenvalue weighted by molar-refractivity contribution is 9.10. The van der Waals surface area contributed by atoms with Crippen LogP contribution in [-0.2, 0) is 0 Å². The van der Waals surface area contributed by atoms with Crippen molar-refractivity contribution in [2.24, 2.45) is 0 Å². The Balaban J connectivity index is 2.26. The fourth-order valence-electron chi connectivity index (χ4n) is 1.11. The molecular formula is C10H6BrClFN3. The van der Waals surface area contributed by atoms with Gasteiger partial charge in [-0.1, -0.05) is 27.5 Å². The average molecular weight is 303 g/mol. The van der Waals surface area contributed by atoms with Crippen molar-refractivity contribution in [3.05, 3.63) is 45.8 Å². The molecule has 0 bridgehead atoms. The number of anilines is 2. The van der Waals surface area contributed by atoms with Crippen LogP contribution in [0.25, 0.3) is 0 Å². The summed E-state index contributed by atoms with van der Waals surface area (Å²) in [5.41, 5.74) is 0.325. The van der Waals surface area contributed by atoms with Gasteiger partial charge in [0.05, 0.1) is 5.69 Å². The van der Waals surface area contributed by atoms with Crippen molar-refractivity contribution in [3.63, 3.8) is 0 Å². The van der Waals surface area contributed by atoms with Gasteiger partial charge in [-0.25, -0.2) is 4.39 Å². The first-order valence-electron chi connectivity index (χ1n) is 4.36. The van der Waals surface area contributed by atoms with Crippen molar-refractivity contribution in [1.82, 2.24) is 10.2 Å². The highest BCUT2D eigenvalue weighted by Gasteiger charge is 2.04. The van der Waals surface area contributed by atoms with Crippen LogP contribution in [0.2, 0.25) is 5.15 Å². The number of rotatable bonds is 2. The zero-order valence-electron chi connectivity index (χ0n) is 7.92. The molecule has 0 fully saturated rings. The molecule has 0 aliphatic heterocycles. The molecule has 3 nitrogen and oxygen atoms in total. The van der Waals surface area contributed by atoms with Crippen LogP contribution >= 0.6 is 27.5 Å². The lowest BCUT2D eigenvalue weighted by atomic mass is 10.3. The molecule has 0 saturated carbocycles. The van der Waals surface area contributed by atoms with Crippen LogP contribution < -0.4 is 5.32 Å². The minimum Gasteiger partial charge on any atom is -0.336 e. The Morgan fingerprint density at radius 2 is 2.00 bits per heavy atom. The summed E-state index contributed by atoms with van der Waals surface area (Å²) in [4.78, 5) is 0. The topological polar surface area (TPSA) is 37.8 Å². The molecule has 0 spiro atoms. The number of hydrogen-bond acceptors (Lipinski definition) is 3. The molecular weight excluding hydrogens is 296 g/mol. The molecule has 0 saturated heterocycles. The lowest BCUT2D eigenvalue weighted by Crippen LogP contribution is -1.97. The first-order valence-corrected chi connectivity index (χ1v) is 5.53. The fraction of sp³-hybridized carbons (Fsp3) is 0. The maximum absolute atomic E-state index is 13.4. The molecule has 0 unspecified atom stereocenters. The summed E-state index contributed by atoms with van der Waals surface area (Å²) < 4.78 is 14.2. The Labute approximate surface area is 105 Å². The average Bonchev–Trinajstić information content (AvgIpc) is 2.27. The molecule has 1 heterocycles. The zero-order valence-corrected chi connectivity index (χ0v) is 10.3. The standard InChI is InChI=1S/C10H6BrClFN3/c11-6-1-2-7(13)8(5-6)14-10-4-3-9(12)15-16-10/h1-5H,(H,14,16). The first-order chi connectivity index (χ1) is 7.65. The van der Waals surface area contributed by atoms with Crippen LogP contribution in [0.3, 0.4) is 0 Å². The van der Waals surface area contributed by atoms with E-state index in [2.05, 4.69) is 31.4 Å². The number of halogens is 3. The van der Waals surface area contributed by atoms with E-state index in [9.17, 15) is 4.39 Å². The summed E-state index contributed by atoms with van der Waals surface area (Å²) in [5.74, 6) is 0.0707. The molecule has 0 aliphatic rings. The summed E-state index contributed by atoms with van der Waals surface area (Å²) in [7, 11) is 0. The summed E-state index contributed by atoms with van der Waals surface area (Å²) >= 11 is 8.85. The third kappa shape index (κ3) is 2.68. The third-order valence-corrected chi connectivity index (χ3v) is 2.52. The van der Waals surface area contributed by atoms with Crippen molar-refractivity contribution >= 4 is 39.0 Å². The zero-order chi connectivity index (χ0) is 11.5. The lowest BCUT2D eigenvalue weighted by Gasteiger charge is -2.06. The van der Waals surface area contributed by atoms with Gasteiger partial charge in [-0.3, -0.25) is 0 Å². The second-order valence-electron chi connectivity index (χ2n) is 2.99. The SMILES string of the molecule is Fc1ccc(Br)cc1Nc1ccc(Cl)nn1. The van der Waals surface area contributed by atoms with E-state index in [0.717, 1.165) is 4.47 Å². The molecule has 2 aromatic rings. The Bertz CT molecular complexity index is 504. The van der Waals surface area contributed by atoms with Gasteiger partial charge in [-0.15, -0.1) is 10.2 Å². The smallest absolute Gasteiger partial charge is 0.153 e. The maximum atomic E-state index is 13.4. The fourth-order valence-corrected chi connectivity index (χ4v) is 1.58. The first kappa shape index (κ1) is 11.3. The van der Waals surface area contributed by atoms with Crippen molar-refractivity contribution in [2.45, 2.75) is 0 Å². The summed E-state index contributed by atoms with van der Waals surface area (Å²) in [5, 5.41) is 10.5. The van der Waals surface area contributed by atoms with E-state index < -0.39 is 0 Å². The van der Waals surface area contributed by atoms with Gasteiger partial charge in [0.15, 0.2) is 11.0 Å². The third-order valence-electron chi connectivity index (χ3n) is 1.82. The highest BCUT2D eigenvalue weighted by atomic mass is 79.9. The van der Waals surface area contributed by atoms with E-state index in [1.165, 1.54) is 6.07 Å². The Kier molecular flexibility index (Phi) is 3.36. The Morgan fingerprint density at radius 1 is 1.19 bits per heavy atom. The van der Waals surface area contributed by atoms with Crippen LogP contribution in [0.1, 0.15) is 0 Å². The molecule has 0 atom stereocenters. The predicted molar refractivity (Wildman–Crippen MR) is 64.4 cm³/mol. The normalized spacial score (nSPS) is 10.2. The molecule has 0 aliphatic carbocycles. The van der Waals surface area contributed by atoms with E-state index >= 15 is 0 Å². The van der Waals surface area contributed by atoms with Gasteiger partial charge >= 0.3 is 0 Å². The van der Waals surface area contributed by atoms with Crippen LogP contribution in [0.5, 0.6) is 0 Å². The van der Waals surface area contributed by atoms with Crippen molar-refractivity contribution in [2.75, 3.05) is 5.32 Å². The number of nitrogens with one attached hydrogen (secondary N) is 1. The molecule has 1 N–H and O–H groups in total. The van der Waals surface area contributed by atoms with E-state index in [0.29, 0.717) is 16.7 Å². The predicted octanol–water partition coefficient (Wildman–Crippen LogP) is 3.78. The quantitative estimate of drug-likeness (QED) is 0.917. The largest absolute Gasteiger partial charge is 0.336 e. The molecule has 82 valence electrons. The van der Waals surface area contributed by atoms with Gasteiger partial charge in [0.2, 0.25) is 0 Å². The van der Waals surface area contributed by atoms with Crippen molar-refractivity contribution < 1.29 is 4.39 Å². The Morgan fingerprint density at radius 3 is 2.69 bits per heavy atom. The van der Waals surface area contributed by atoms with Gasteiger partial charge in [-0.05, 0) is 30.3 Å². The summed E-state index contributed by atoms with van der Waals surface area (Å²) in [6.07, 6.45) is 0. The van der Waals surface area contributed by atoms with Crippen molar-refractivity contribution in [3.8, 4) is 0 Å². The molecule has 0 radical (unpaired) electrons. The van der Waals surface area contributed by atoms with E-state index in [-0.39, 0.29) is 5.82 Å². The van der Waals surface area contributed by atoms with Crippen LogP contribution in [0.4, 0.5) is 15.9 Å². The number of benzene rings is 1. The summed E-state index contributed by atoms with van der Waals surface area (Å²) in [6.45, 7) is 0. The minimum absolute atomic E-state index is 0.292. The van der Waals surface area contributed by atoms with E-state index in [1.54, 1.807) is 24.3 Å². The maximum Gasteiger partial charge on any atom is 0.153 e. The molecule has 16 heavy (non-hydrogen) atoms. The Hall–Kier alpha value is -1.20. The van der Waals surface area contributed by atoms with Crippen LogP contribution in [0.15, 0.2) is 34.8 Å². The van der Waals surface area contributed by atoms with E-state index in [4.69, 9.17) is 11.6 Å². The second-order valence-corrected chi connectivity index (χ2v) is 4.29. The van der Waals surface area contributed by atoms with Gasteiger partial charge in [0.25, 0.3) is 0 Å². The number of nitrogens with zero attached hydrogens (tertiary/aromatic N) is 2.